The van der Waals surface area contributed by atoms with Crippen LogP contribution in [0.3, 0.4) is 0 Å². The summed E-state index contributed by atoms with van der Waals surface area (Å²) in [5, 5.41) is 0. The van der Waals surface area contributed by atoms with Crippen molar-refractivity contribution < 1.29 is 14.0 Å². The minimum atomic E-state index is -0.739. The van der Waals surface area contributed by atoms with Gasteiger partial charge in [-0.1, -0.05) is 30.3 Å². The predicted octanol–water partition coefficient (Wildman–Crippen LogP) is 3.09. The number of carbonyl (C=O) groups is 2. The highest BCUT2D eigenvalue weighted by Gasteiger charge is 2.53. The summed E-state index contributed by atoms with van der Waals surface area (Å²) in [7, 11) is 0. The van der Waals surface area contributed by atoms with Gasteiger partial charge < -0.3 is 14.2 Å². The van der Waals surface area contributed by atoms with Crippen molar-refractivity contribution in [1.29, 1.82) is 0 Å². The molecule has 3 heterocycles. The molecule has 1 atom stereocenters. The summed E-state index contributed by atoms with van der Waals surface area (Å²) in [4.78, 5) is 34.5. The normalized spacial score (nSPS) is 22.7. The molecule has 1 aromatic heterocycles. The SMILES string of the molecule is Cc1nc(C)c(C(=O)N2CCCC23CCCN(Cc2ccccc2)C3=O)o1. The van der Waals surface area contributed by atoms with E-state index in [2.05, 4.69) is 4.98 Å². The molecule has 0 aliphatic carbocycles. The lowest BCUT2D eigenvalue weighted by Gasteiger charge is -2.44. The molecule has 6 heteroatoms. The number of amides is 2. The van der Waals surface area contributed by atoms with Crippen molar-refractivity contribution in [1.82, 2.24) is 14.8 Å². The summed E-state index contributed by atoms with van der Waals surface area (Å²) in [6.07, 6.45) is 3.17. The fourth-order valence-corrected chi connectivity index (χ4v) is 4.53. The van der Waals surface area contributed by atoms with Crippen LogP contribution in [0.25, 0.3) is 0 Å². The van der Waals surface area contributed by atoms with Crippen LogP contribution in [0.15, 0.2) is 34.7 Å². The number of hydrogen-bond acceptors (Lipinski definition) is 4. The Morgan fingerprint density at radius 2 is 1.85 bits per heavy atom. The second-order valence-corrected chi connectivity index (χ2v) is 7.56. The van der Waals surface area contributed by atoms with E-state index < -0.39 is 5.54 Å². The molecule has 4 rings (SSSR count). The molecule has 2 aliphatic heterocycles. The third kappa shape index (κ3) is 3.03. The first kappa shape index (κ1) is 17.8. The number of benzene rings is 1. The van der Waals surface area contributed by atoms with Crippen molar-refractivity contribution >= 4 is 11.8 Å². The van der Waals surface area contributed by atoms with Crippen LogP contribution in [-0.2, 0) is 11.3 Å². The lowest BCUT2D eigenvalue weighted by molar-refractivity contribution is -0.146. The standard InChI is InChI=1S/C21H25N3O3/c1-15-18(27-16(2)22-15)19(25)24-13-7-11-21(24)10-6-12-23(20(21)26)14-17-8-4-3-5-9-17/h3-5,8-9H,6-7,10-14H2,1-2H3. The van der Waals surface area contributed by atoms with Crippen molar-refractivity contribution in [3.63, 3.8) is 0 Å². The average Bonchev–Trinajstić information content (AvgIpc) is 3.23. The van der Waals surface area contributed by atoms with Gasteiger partial charge in [-0.15, -0.1) is 0 Å². The molecule has 2 aromatic rings. The van der Waals surface area contributed by atoms with Crippen molar-refractivity contribution in [2.45, 2.75) is 51.6 Å². The number of likely N-dealkylation sites (tertiary alicyclic amines) is 2. The van der Waals surface area contributed by atoms with Crippen molar-refractivity contribution in [2.24, 2.45) is 0 Å². The third-order valence-electron chi connectivity index (χ3n) is 5.75. The van der Waals surface area contributed by atoms with Gasteiger partial charge in [0.25, 0.3) is 5.91 Å². The molecule has 2 saturated heterocycles. The first-order chi connectivity index (χ1) is 13.0. The van der Waals surface area contributed by atoms with Crippen LogP contribution in [0.1, 0.15) is 53.4 Å². The van der Waals surface area contributed by atoms with Gasteiger partial charge in [0.1, 0.15) is 5.54 Å². The Balaban J connectivity index is 1.61. The zero-order chi connectivity index (χ0) is 19.0. The summed E-state index contributed by atoms with van der Waals surface area (Å²) in [5.74, 6) is 0.601. The van der Waals surface area contributed by atoms with Crippen LogP contribution in [0, 0.1) is 13.8 Å². The highest BCUT2D eigenvalue weighted by Crippen LogP contribution is 2.39. The van der Waals surface area contributed by atoms with Crippen LogP contribution in [-0.4, -0.2) is 45.2 Å². The molecular weight excluding hydrogens is 342 g/mol. The molecule has 6 nitrogen and oxygen atoms in total. The number of piperidine rings is 1. The monoisotopic (exact) mass is 367 g/mol. The molecule has 2 aliphatic rings. The predicted molar refractivity (Wildman–Crippen MR) is 100 cm³/mol. The van der Waals surface area contributed by atoms with Gasteiger partial charge in [0, 0.05) is 26.6 Å². The van der Waals surface area contributed by atoms with Crippen LogP contribution in [0.5, 0.6) is 0 Å². The largest absolute Gasteiger partial charge is 0.436 e. The van der Waals surface area contributed by atoms with Gasteiger partial charge in [-0.05, 0) is 38.2 Å². The van der Waals surface area contributed by atoms with Gasteiger partial charge in [0.2, 0.25) is 11.7 Å². The van der Waals surface area contributed by atoms with E-state index in [1.54, 1.807) is 18.7 Å². The summed E-state index contributed by atoms with van der Waals surface area (Å²) in [6, 6.07) is 10.0. The highest BCUT2D eigenvalue weighted by atomic mass is 16.4. The van der Waals surface area contributed by atoms with E-state index in [4.69, 9.17) is 4.42 Å². The van der Waals surface area contributed by atoms with E-state index in [1.807, 2.05) is 35.2 Å². The molecule has 2 fully saturated rings. The molecule has 0 saturated carbocycles. The fourth-order valence-electron chi connectivity index (χ4n) is 4.53. The van der Waals surface area contributed by atoms with Gasteiger partial charge in [0.05, 0.1) is 5.69 Å². The topological polar surface area (TPSA) is 66.7 Å². The van der Waals surface area contributed by atoms with E-state index in [1.165, 1.54) is 0 Å². The minimum absolute atomic E-state index is 0.0670. The minimum Gasteiger partial charge on any atom is -0.436 e. The molecule has 1 spiro atoms. The molecular formula is C21H25N3O3. The van der Waals surface area contributed by atoms with E-state index in [-0.39, 0.29) is 17.6 Å². The Kier molecular flexibility index (Phi) is 4.50. The third-order valence-corrected chi connectivity index (χ3v) is 5.75. The maximum Gasteiger partial charge on any atom is 0.292 e. The Labute approximate surface area is 159 Å². The average molecular weight is 367 g/mol. The molecule has 0 N–H and O–H groups in total. The zero-order valence-electron chi connectivity index (χ0n) is 15.9. The summed E-state index contributed by atoms with van der Waals surface area (Å²) in [6.45, 7) is 5.42. The van der Waals surface area contributed by atoms with E-state index >= 15 is 0 Å². The number of rotatable bonds is 3. The molecule has 27 heavy (non-hydrogen) atoms. The van der Waals surface area contributed by atoms with Crippen LogP contribution >= 0.6 is 0 Å². The number of nitrogens with zero attached hydrogens (tertiary/aromatic N) is 3. The Hall–Kier alpha value is -2.63. The number of aromatic nitrogens is 1. The first-order valence-corrected chi connectivity index (χ1v) is 9.60. The molecule has 1 aromatic carbocycles. The Bertz CT molecular complexity index is 861. The van der Waals surface area contributed by atoms with Gasteiger partial charge in [-0.3, -0.25) is 9.59 Å². The molecule has 0 radical (unpaired) electrons. The summed E-state index contributed by atoms with van der Waals surface area (Å²) in [5.41, 5.74) is 0.960. The Morgan fingerprint density at radius 3 is 2.52 bits per heavy atom. The van der Waals surface area contributed by atoms with Crippen LogP contribution in [0.2, 0.25) is 0 Å². The number of oxazole rings is 1. The van der Waals surface area contributed by atoms with Crippen molar-refractivity contribution in [3.8, 4) is 0 Å². The van der Waals surface area contributed by atoms with E-state index in [0.29, 0.717) is 24.7 Å². The van der Waals surface area contributed by atoms with E-state index in [9.17, 15) is 9.59 Å². The zero-order valence-corrected chi connectivity index (χ0v) is 15.9. The van der Waals surface area contributed by atoms with Crippen LogP contribution < -0.4 is 0 Å². The fraction of sp³-hybridized carbons (Fsp3) is 0.476. The Morgan fingerprint density at radius 1 is 1.15 bits per heavy atom. The maximum absolute atomic E-state index is 13.5. The van der Waals surface area contributed by atoms with E-state index in [0.717, 1.165) is 37.8 Å². The van der Waals surface area contributed by atoms with Gasteiger partial charge in [-0.2, -0.15) is 0 Å². The number of hydrogen-bond donors (Lipinski definition) is 0. The first-order valence-electron chi connectivity index (χ1n) is 9.60. The number of carbonyl (C=O) groups excluding carboxylic acids is 2. The molecule has 0 bridgehead atoms. The van der Waals surface area contributed by atoms with Gasteiger partial charge >= 0.3 is 0 Å². The summed E-state index contributed by atoms with van der Waals surface area (Å²) >= 11 is 0. The second-order valence-electron chi connectivity index (χ2n) is 7.56. The summed E-state index contributed by atoms with van der Waals surface area (Å²) < 4.78 is 5.55. The lowest BCUT2D eigenvalue weighted by Crippen LogP contribution is -2.61. The molecule has 1 unspecified atom stereocenters. The van der Waals surface area contributed by atoms with Crippen molar-refractivity contribution in [2.75, 3.05) is 13.1 Å². The van der Waals surface area contributed by atoms with Gasteiger partial charge in [-0.25, -0.2) is 4.98 Å². The highest BCUT2D eigenvalue weighted by molar-refractivity contribution is 5.99. The molecule has 2 amide bonds. The smallest absolute Gasteiger partial charge is 0.292 e. The quantitative estimate of drug-likeness (QED) is 0.836. The van der Waals surface area contributed by atoms with Crippen molar-refractivity contribution in [3.05, 3.63) is 53.2 Å². The lowest BCUT2D eigenvalue weighted by atomic mass is 9.85. The van der Waals surface area contributed by atoms with Crippen LogP contribution in [0.4, 0.5) is 0 Å². The number of aryl methyl sites for hydroxylation is 2. The second kappa shape index (κ2) is 6.83. The van der Waals surface area contributed by atoms with Gasteiger partial charge in [0.15, 0.2) is 5.89 Å². The maximum atomic E-state index is 13.5. The molecule has 142 valence electrons.